The molecule has 0 spiro atoms. The highest BCUT2D eigenvalue weighted by Gasteiger charge is 2.28. The third-order valence-electron chi connectivity index (χ3n) is 4.23. The van der Waals surface area contributed by atoms with E-state index in [1.165, 1.54) is 22.5 Å². The van der Waals surface area contributed by atoms with Crippen LogP contribution in [0.15, 0.2) is 47.4 Å². The summed E-state index contributed by atoms with van der Waals surface area (Å²) in [6.45, 7) is 0.933. The number of benzene rings is 2. The summed E-state index contributed by atoms with van der Waals surface area (Å²) in [6, 6.07) is 11.1. The van der Waals surface area contributed by atoms with Crippen LogP contribution in [0.2, 0.25) is 5.02 Å². The fourth-order valence-electron chi connectivity index (χ4n) is 2.72. The normalized spacial score (nSPS) is 15.0. The molecule has 0 aliphatic carbocycles. The second-order valence-electron chi connectivity index (χ2n) is 6.17. The van der Waals surface area contributed by atoms with E-state index in [0.29, 0.717) is 30.4 Å². The number of nitrogens with one attached hydrogen (secondary N) is 1. The smallest absolute Gasteiger partial charge is 0.262 e. The Balaban J connectivity index is 1.66. The van der Waals surface area contributed by atoms with Gasteiger partial charge in [-0.05, 0) is 42.5 Å². The average Bonchev–Trinajstić information content (AvgIpc) is 2.74. The van der Waals surface area contributed by atoms with Crippen LogP contribution in [0.5, 0.6) is 11.5 Å². The Labute approximate surface area is 174 Å². The number of amides is 1. The van der Waals surface area contributed by atoms with E-state index in [1.54, 1.807) is 31.4 Å². The fraction of sp³-hybridized carbons (Fsp3) is 0.316. The molecule has 0 radical (unpaired) electrons. The van der Waals surface area contributed by atoms with E-state index in [-0.39, 0.29) is 29.6 Å². The van der Waals surface area contributed by atoms with Crippen LogP contribution in [0.3, 0.4) is 0 Å². The summed E-state index contributed by atoms with van der Waals surface area (Å²) in [5, 5.41) is 2.71. The summed E-state index contributed by atoms with van der Waals surface area (Å²) in [5.74, 6) is 0.752. The number of halogens is 1. The molecule has 1 aliphatic rings. The van der Waals surface area contributed by atoms with Crippen LogP contribution in [0.4, 0.5) is 5.69 Å². The van der Waals surface area contributed by atoms with Crippen molar-refractivity contribution in [2.45, 2.75) is 4.90 Å². The minimum atomic E-state index is -3.79. The van der Waals surface area contributed by atoms with Gasteiger partial charge in [-0.2, -0.15) is 4.31 Å². The zero-order chi connectivity index (χ0) is 20.9. The van der Waals surface area contributed by atoms with Crippen molar-refractivity contribution >= 4 is 33.2 Å². The molecule has 1 fully saturated rings. The molecule has 3 rings (SSSR count). The van der Waals surface area contributed by atoms with Gasteiger partial charge in [0.15, 0.2) is 6.61 Å². The molecule has 1 heterocycles. The molecule has 29 heavy (non-hydrogen) atoms. The molecule has 8 nitrogen and oxygen atoms in total. The van der Waals surface area contributed by atoms with Crippen molar-refractivity contribution in [3.8, 4) is 11.5 Å². The lowest BCUT2D eigenvalue weighted by Gasteiger charge is -2.26. The summed E-state index contributed by atoms with van der Waals surface area (Å²) in [6.07, 6.45) is 0. The van der Waals surface area contributed by atoms with E-state index in [2.05, 4.69) is 5.32 Å². The number of nitrogens with zero attached hydrogens (tertiary/aromatic N) is 1. The fourth-order valence-corrected chi connectivity index (χ4v) is 4.63. The average molecular weight is 441 g/mol. The Morgan fingerprint density at radius 3 is 2.45 bits per heavy atom. The first-order valence-electron chi connectivity index (χ1n) is 8.84. The van der Waals surface area contributed by atoms with E-state index < -0.39 is 15.9 Å². The van der Waals surface area contributed by atoms with Crippen LogP contribution in [-0.2, 0) is 19.6 Å². The number of rotatable bonds is 7. The van der Waals surface area contributed by atoms with Gasteiger partial charge in [0.1, 0.15) is 16.4 Å². The molecule has 0 bridgehead atoms. The number of hydrogen-bond acceptors (Lipinski definition) is 6. The largest absolute Gasteiger partial charge is 0.497 e. The Kier molecular flexibility index (Phi) is 6.96. The number of methoxy groups -OCH3 is 1. The Morgan fingerprint density at radius 2 is 1.79 bits per heavy atom. The molecule has 1 aliphatic heterocycles. The van der Waals surface area contributed by atoms with Crippen LogP contribution in [0.1, 0.15) is 0 Å². The molecule has 1 amide bonds. The predicted molar refractivity (Wildman–Crippen MR) is 108 cm³/mol. The molecule has 10 heteroatoms. The lowest BCUT2D eigenvalue weighted by Crippen LogP contribution is -2.40. The number of ether oxygens (including phenoxy) is 3. The first-order valence-corrected chi connectivity index (χ1v) is 10.7. The maximum atomic E-state index is 12.8. The number of carbonyl (C=O) groups excluding carboxylic acids is 1. The Bertz CT molecular complexity index is 959. The van der Waals surface area contributed by atoms with E-state index in [4.69, 9.17) is 25.8 Å². The van der Waals surface area contributed by atoms with Gasteiger partial charge in [-0.25, -0.2) is 8.42 Å². The first kappa shape index (κ1) is 21.4. The third-order valence-corrected chi connectivity index (χ3v) is 6.61. The number of anilines is 1. The van der Waals surface area contributed by atoms with Crippen molar-refractivity contribution in [1.29, 1.82) is 0 Å². The van der Waals surface area contributed by atoms with Crippen LogP contribution < -0.4 is 14.8 Å². The van der Waals surface area contributed by atoms with E-state index in [9.17, 15) is 13.2 Å². The van der Waals surface area contributed by atoms with Crippen molar-refractivity contribution in [3.05, 3.63) is 47.5 Å². The maximum Gasteiger partial charge on any atom is 0.262 e. The summed E-state index contributed by atoms with van der Waals surface area (Å²) in [7, 11) is -2.23. The number of carbonyl (C=O) groups is 1. The van der Waals surface area contributed by atoms with E-state index in [0.717, 1.165) is 0 Å². The van der Waals surface area contributed by atoms with Gasteiger partial charge < -0.3 is 19.5 Å². The highest BCUT2D eigenvalue weighted by atomic mass is 35.5. The SMILES string of the molecule is COc1ccc(OCC(=O)Nc2ccc(Cl)c(S(=O)(=O)N3CCOCC3)c2)cc1. The van der Waals surface area contributed by atoms with E-state index in [1.807, 2.05) is 0 Å². The molecule has 0 aromatic heterocycles. The van der Waals surface area contributed by atoms with Gasteiger partial charge in [-0.1, -0.05) is 11.6 Å². The lowest BCUT2D eigenvalue weighted by atomic mass is 10.3. The molecular formula is C19H21ClN2O6S. The summed E-state index contributed by atoms with van der Waals surface area (Å²) in [4.78, 5) is 12.1. The molecule has 1 saturated heterocycles. The van der Waals surface area contributed by atoms with Gasteiger partial charge in [-0.3, -0.25) is 4.79 Å². The van der Waals surface area contributed by atoms with Crippen LogP contribution in [-0.4, -0.2) is 58.7 Å². The molecule has 156 valence electrons. The van der Waals surface area contributed by atoms with Crippen LogP contribution in [0.25, 0.3) is 0 Å². The minimum Gasteiger partial charge on any atom is -0.497 e. The van der Waals surface area contributed by atoms with Crippen molar-refractivity contribution in [3.63, 3.8) is 0 Å². The lowest BCUT2D eigenvalue weighted by molar-refractivity contribution is -0.118. The molecule has 1 N–H and O–H groups in total. The summed E-state index contributed by atoms with van der Waals surface area (Å²) >= 11 is 6.12. The standard InChI is InChI=1S/C19H21ClN2O6S/c1-26-15-3-5-16(6-4-15)28-13-19(23)21-14-2-7-17(20)18(12-14)29(24,25)22-8-10-27-11-9-22/h2-7,12H,8-11,13H2,1H3,(H,21,23). The molecular weight excluding hydrogens is 420 g/mol. The van der Waals surface area contributed by atoms with Crippen LogP contribution >= 0.6 is 11.6 Å². The highest BCUT2D eigenvalue weighted by Crippen LogP contribution is 2.28. The second kappa shape index (κ2) is 9.45. The third kappa shape index (κ3) is 5.39. The predicted octanol–water partition coefficient (Wildman–Crippen LogP) is 2.39. The number of sulfonamides is 1. The molecule has 0 saturated carbocycles. The molecule has 0 unspecified atom stereocenters. The molecule has 2 aromatic carbocycles. The zero-order valence-electron chi connectivity index (χ0n) is 15.8. The topological polar surface area (TPSA) is 94.2 Å². The quantitative estimate of drug-likeness (QED) is 0.710. The van der Waals surface area contributed by atoms with Gasteiger partial charge in [0.2, 0.25) is 10.0 Å². The first-order chi connectivity index (χ1) is 13.9. The number of hydrogen-bond donors (Lipinski definition) is 1. The van der Waals surface area contributed by atoms with Gasteiger partial charge in [0.25, 0.3) is 5.91 Å². The highest BCUT2D eigenvalue weighted by molar-refractivity contribution is 7.89. The molecule has 2 aromatic rings. The van der Waals surface area contributed by atoms with Gasteiger partial charge in [0, 0.05) is 18.8 Å². The second-order valence-corrected chi connectivity index (χ2v) is 8.49. The van der Waals surface area contributed by atoms with E-state index >= 15 is 0 Å². The van der Waals surface area contributed by atoms with Gasteiger partial charge >= 0.3 is 0 Å². The zero-order valence-corrected chi connectivity index (χ0v) is 17.3. The van der Waals surface area contributed by atoms with Gasteiger partial charge in [-0.15, -0.1) is 0 Å². The van der Waals surface area contributed by atoms with Crippen molar-refractivity contribution in [2.24, 2.45) is 0 Å². The summed E-state index contributed by atoms with van der Waals surface area (Å²) < 4.78 is 42.7. The van der Waals surface area contributed by atoms with Gasteiger partial charge in [0.05, 0.1) is 25.3 Å². The number of morpholine rings is 1. The van der Waals surface area contributed by atoms with Crippen molar-refractivity contribution in [1.82, 2.24) is 4.31 Å². The van der Waals surface area contributed by atoms with Crippen molar-refractivity contribution < 1.29 is 27.4 Å². The maximum absolute atomic E-state index is 12.8. The van der Waals surface area contributed by atoms with Crippen LogP contribution in [0, 0.1) is 0 Å². The Hall–Kier alpha value is -2.33. The monoisotopic (exact) mass is 440 g/mol. The Morgan fingerprint density at radius 1 is 1.14 bits per heavy atom. The molecule has 0 atom stereocenters. The van der Waals surface area contributed by atoms with Crippen molar-refractivity contribution in [2.75, 3.05) is 45.3 Å². The minimum absolute atomic E-state index is 0.0602. The summed E-state index contributed by atoms with van der Waals surface area (Å²) in [5.41, 5.74) is 0.310.